The van der Waals surface area contributed by atoms with E-state index in [9.17, 15) is 24.0 Å². The van der Waals surface area contributed by atoms with Gasteiger partial charge in [0.05, 0.1) is 49.8 Å². The number of nitrogens with one attached hydrogen (secondary N) is 2. The SMILES string of the molecule is CC[C@H](C)[C@@H]([C@@H](CC(=O)N1CCC[C@H]1[C@H](OC)[C@@H](C)C(=O)C[C@@H](Cc1ccccc1)C(=O)OC)OC)N(C)C(=O)[C@@H](NC(=O)[C@H]1N[C@H]2CC[C@H]1C2)C(C)C. The maximum atomic E-state index is 14.2. The van der Waals surface area contributed by atoms with Crippen LogP contribution in [-0.4, -0.2) is 117 Å². The molecule has 12 nitrogen and oxygen atoms in total. The van der Waals surface area contributed by atoms with Gasteiger partial charge in [-0.05, 0) is 61.8 Å². The number of likely N-dealkylation sites (tertiary alicyclic amines) is 1. The van der Waals surface area contributed by atoms with Crippen LogP contribution >= 0.6 is 0 Å². The number of nitrogens with zero attached hydrogens (tertiary/aromatic N) is 2. The summed E-state index contributed by atoms with van der Waals surface area (Å²) >= 11 is 0. The molecule has 302 valence electrons. The highest BCUT2D eigenvalue weighted by Crippen LogP contribution is 2.36. The molecular formula is C42H66N4O8. The Bertz CT molecular complexity index is 1420. The van der Waals surface area contributed by atoms with Gasteiger partial charge in [0.1, 0.15) is 11.8 Å². The maximum absolute atomic E-state index is 14.2. The monoisotopic (exact) mass is 754 g/mol. The fourth-order valence-corrected chi connectivity index (χ4v) is 9.20. The van der Waals surface area contributed by atoms with E-state index in [0.717, 1.165) is 37.7 Å². The Kier molecular flexibility index (Phi) is 16.1. The molecule has 1 aromatic rings. The van der Waals surface area contributed by atoms with Crippen molar-refractivity contribution in [3.63, 3.8) is 0 Å². The molecule has 1 saturated carbocycles. The van der Waals surface area contributed by atoms with E-state index in [4.69, 9.17) is 14.2 Å². The minimum absolute atomic E-state index is 0.00204. The summed E-state index contributed by atoms with van der Waals surface area (Å²) in [7, 11) is 6.21. The van der Waals surface area contributed by atoms with E-state index in [0.29, 0.717) is 31.3 Å². The van der Waals surface area contributed by atoms with Crippen LogP contribution in [0.3, 0.4) is 0 Å². The number of likely N-dealkylation sites (N-methyl/N-ethyl adjacent to an activating group) is 1. The standard InChI is InChI=1S/C42H66N4O8/c1-10-26(4)38(45(6)41(50)36(25(2)3)44-40(49)37-29-18-19-31(22-29)43-37)34(52-7)24-35(48)46-20-14-17-32(46)39(53-8)27(5)33(47)23-30(42(51)54-9)21-28-15-12-11-13-16-28/h11-13,15-16,25-27,29-32,34,36-39,43H,10,14,17-24H2,1-9H3,(H,44,49)/t26-,27-,29-,30+,31-,32-,34+,36-,37-,38-,39+/m0/s1. The van der Waals surface area contributed by atoms with Crippen molar-refractivity contribution < 1.29 is 38.2 Å². The topological polar surface area (TPSA) is 144 Å². The molecule has 2 N–H and O–H groups in total. The largest absolute Gasteiger partial charge is 0.469 e. The van der Waals surface area contributed by atoms with Crippen molar-refractivity contribution >= 4 is 29.5 Å². The predicted molar refractivity (Wildman–Crippen MR) is 206 cm³/mol. The van der Waals surface area contributed by atoms with E-state index in [2.05, 4.69) is 24.5 Å². The highest BCUT2D eigenvalue weighted by atomic mass is 16.5. The molecule has 12 heteroatoms. The molecule has 0 radical (unpaired) electrons. The van der Waals surface area contributed by atoms with E-state index in [1.165, 1.54) is 7.11 Å². The zero-order chi connectivity index (χ0) is 39.7. The number of Topliss-reactive ketones (excluding diaryl/α,β-unsaturated/α-hetero) is 1. The first kappa shape index (κ1) is 43.4. The zero-order valence-corrected chi connectivity index (χ0v) is 34.0. The minimum Gasteiger partial charge on any atom is -0.469 e. The second-order valence-electron chi connectivity index (χ2n) is 16.3. The molecule has 2 bridgehead atoms. The number of methoxy groups -OCH3 is 3. The number of benzene rings is 1. The Balaban J connectivity index is 1.45. The van der Waals surface area contributed by atoms with Gasteiger partial charge >= 0.3 is 5.97 Å². The average molecular weight is 755 g/mol. The van der Waals surface area contributed by atoms with Gasteiger partial charge in [0.25, 0.3) is 0 Å². The van der Waals surface area contributed by atoms with E-state index >= 15 is 0 Å². The third kappa shape index (κ3) is 10.3. The molecule has 3 aliphatic rings. The van der Waals surface area contributed by atoms with E-state index < -0.39 is 42.1 Å². The van der Waals surface area contributed by atoms with Crippen molar-refractivity contribution in [1.82, 2.24) is 20.4 Å². The van der Waals surface area contributed by atoms with Crippen molar-refractivity contribution in [3.05, 3.63) is 35.9 Å². The Morgan fingerprint density at radius 3 is 2.22 bits per heavy atom. The van der Waals surface area contributed by atoms with Gasteiger partial charge in [0.15, 0.2) is 0 Å². The first-order chi connectivity index (χ1) is 25.8. The number of hydrogen-bond donors (Lipinski definition) is 2. The Morgan fingerprint density at radius 1 is 0.963 bits per heavy atom. The number of esters is 1. The van der Waals surface area contributed by atoms with E-state index in [1.807, 2.05) is 51.1 Å². The molecule has 3 amide bonds. The van der Waals surface area contributed by atoms with E-state index in [1.54, 1.807) is 31.1 Å². The number of fused-ring (bicyclic) bond motifs is 2. The fraction of sp³-hybridized carbons (Fsp3) is 0.738. The molecular weight excluding hydrogens is 688 g/mol. The van der Waals surface area contributed by atoms with Gasteiger partial charge in [-0.15, -0.1) is 0 Å². The van der Waals surface area contributed by atoms with Crippen molar-refractivity contribution in [2.24, 2.45) is 29.6 Å². The van der Waals surface area contributed by atoms with Crippen LogP contribution < -0.4 is 10.6 Å². The fourth-order valence-electron chi connectivity index (χ4n) is 9.20. The van der Waals surface area contributed by atoms with Crippen molar-refractivity contribution in [1.29, 1.82) is 0 Å². The van der Waals surface area contributed by atoms with Crippen LogP contribution in [0.15, 0.2) is 30.3 Å². The molecule has 2 saturated heterocycles. The summed E-state index contributed by atoms with van der Waals surface area (Å²) in [5.74, 6) is -2.09. The lowest BCUT2D eigenvalue weighted by Gasteiger charge is -2.41. The molecule has 0 unspecified atom stereocenters. The predicted octanol–water partition coefficient (Wildman–Crippen LogP) is 4.18. The van der Waals surface area contributed by atoms with Crippen LogP contribution in [0, 0.1) is 29.6 Å². The molecule has 2 aliphatic heterocycles. The normalized spacial score (nSPS) is 24.7. The van der Waals surface area contributed by atoms with Crippen LogP contribution in [0.4, 0.5) is 0 Å². The highest BCUT2D eigenvalue weighted by Gasteiger charge is 2.46. The lowest BCUT2D eigenvalue weighted by Crippen LogP contribution is -2.59. The first-order valence-electron chi connectivity index (χ1n) is 20.1. The number of ketones is 1. The molecule has 54 heavy (non-hydrogen) atoms. The number of rotatable bonds is 20. The summed E-state index contributed by atoms with van der Waals surface area (Å²) in [5, 5.41) is 6.52. The van der Waals surface area contributed by atoms with E-state index in [-0.39, 0.29) is 60.3 Å². The summed E-state index contributed by atoms with van der Waals surface area (Å²) in [5.41, 5.74) is 0.942. The number of amides is 3. The van der Waals surface area contributed by atoms with Gasteiger partial charge < -0.3 is 34.6 Å². The number of hydrogen-bond acceptors (Lipinski definition) is 9. The van der Waals surface area contributed by atoms with Gasteiger partial charge in [-0.1, -0.05) is 71.4 Å². The van der Waals surface area contributed by atoms with Gasteiger partial charge in [-0.2, -0.15) is 0 Å². The number of carbonyl (C=O) groups is 5. The Hall–Kier alpha value is -3.35. The number of carbonyl (C=O) groups excluding carboxylic acids is 5. The lowest BCUT2D eigenvalue weighted by molar-refractivity contribution is -0.149. The third-order valence-electron chi connectivity index (χ3n) is 12.5. The molecule has 1 aromatic carbocycles. The van der Waals surface area contributed by atoms with Crippen LogP contribution in [0.1, 0.15) is 91.5 Å². The average Bonchev–Trinajstić information content (AvgIpc) is 3.95. The molecule has 0 spiro atoms. The number of ether oxygens (including phenoxy) is 3. The molecule has 2 heterocycles. The summed E-state index contributed by atoms with van der Waals surface area (Å²) < 4.78 is 17.1. The molecule has 0 aromatic heterocycles. The maximum Gasteiger partial charge on any atom is 0.309 e. The third-order valence-corrected chi connectivity index (χ3v) is 12.5. The first-order valence-corrected chi connectivity index (χ1v) is 20.1. The van der Waals surface area contributed by atoms with Gasteiger partial charge in [0.2, 0.25) is 17.7 Å². The minimum atomic E-state index is -0.723. The molecule has 1 aliphatic carbocycles. The van der Waals surface area contributed by atoms with Gasteiger partial charge in [-0.25, -0.2) is 0 Å². The molecule has 3 fully saturated rings. The number of piperidine rings is 1. The molecule has 4 rings (SSSR count). The Morgan fingerprint density at radius 2 is 1.67 bits per heavy atom. The van der Waals surface area contributed by atoms with Gasteiger partial charge in [-0.3, -0.25) is 24.0 Å². The summed E-state index contributed by atoms with van der Waals surface area (Å²) in [4.78, 5) is 71.9. The summed E-state index contributed by atoms with van der Waals surface area (Å²) in [6.07, 6.45) is 4.52. The molecule has 11 atom stereocenters. The highest BCUT2D eigenvalue weighted by molar-refractivity contribution is 5.91. The Labute approximate surface area is 322 Å². The van der Waals surface area contributed by atoms with Crippen LogP contribution in [0.25, 0.3) is 0 Å². The zero-order valence-electron chi connectivity index (χ0n) is 34.0. The smallest absolute Gasteiger partial charge is 0.309 e. The van der Waals surface area contributed by atoms with Crippen molar-refractivity contribution in [3.8, 4) is 0 Å². The second kappa shape index (κ2) is 20.0. The van der Waals surface area contributed by atoms with Crippen LogP contribution in [0.5, 0.6) is 0 Å². The van der Waals surface area contributed by atoms with Crippen LogP contribution in [0.2, 0.25) is 0 Å². The second-order valence-corrected chi connectivity index (χ2v) is 16.3. The lowest BCUT2D eigenvalue weighted by atomic mass is 9.85. The summed E-state index contributed by atoms with van der Waals surface area (Å²) in [6.45, 7) is 10.3. The quantitative estimate of drug-likeness (QED) is 0.188. The van der Waals surface area contributed by atoms with Crippen molar-refractivity contribution in [2.75, 3.05) is 34.9 Å². The van der Waals surface area contributed by atoms with Gasteiger partial charge in [0, 0.05) is 46.2 Å². The summed E-state index contributed by atoms with van der Waals surface area (Å²) in [6, 6.07) is 8.15. The van der Waals surface area contributed by atoms with Crippen LogP contribution in [-0.2, 0) is 44.6 Å². The van der Waals surface area contributed by atoms with Crippen molar-refractivity contribution in [2.45, 2.75) is 135 Å².